The first-order valence-corrected chi connectivity index (χ1v) is 5.39. The smallest absolute Gasteiger partial charge is 0.146 e. The van der Waals surface area contributed by atoms with E-state index in [2.05, 4.69) is 11.9 Å². The summed E-state index contributed by atoms with van der Waals surface area (Å²) in [5.41, 5.74) is 1.61. The summed E-state index contributed by atoms with van der Waals surface area (Å²) in [5.74, 6) is -0.191. The van der Waals surface area contributed by atoms with E-state index < -0.39 is 0 Å². The minimum atomic E-state index is -0.191. The van der Waals surface area contributed by atoms with Crippen molar-refractivity contribution in [2.24, 2.45) is 0 Å². The quantitative estimate of drug-likeness (QED) is 0.771. The van der Waals surface area contributed by atoms with Crippen LogP contribution in [0, 0.1) is 5.82 Å². The first kappa shape index (κ1) is 12.7. The van der Waals surface area contributed by atoms with E-state index in [0.717, 1.165) is 5.56 Å². The molecule has 0 amide bonds. The molecule has 0 radical (unpaired) electrons. The Morgan fingerprint density at radius 2 is 2.25 bits per heavy atom. The highest BCUT2D eigenvalue weighted by molar-refractivity contribution is 5.56. The maximum Gasteiger partial charge on any atom is 0.146 e. The van der Waals surface area contributed by atoms with E-state index in [4.69, 9.17) is 0 Å². The molecule has 16 heavy (non-hydrogen) atoms. The molecule has 0 spiro atoms. The lowest BCUT2D eigenvalue weighted by atomic mass is 10.0. The summed E-state index contributed by atoms with van der Waals surface area (Å²) >= 11 is 0. The molecule has 0 saturated carbocycles. The number of likely N-dealkylation sites (N-methyl/N-ethyl adjacent to an activating group) is 1. The molecular formula is C13H19FN2. The Hall–Kier alpha value is -1.35. The van der Waals surface area contributed by atoms with Gasteiger partial charge < -0.3 is 10.2 Å². The normalized spacial score (nSPS) is 12.2. The third-order valence-corrected chi connectivity index (χ3v) is 2.70. The first-order valence-electron chi connectivity index (χ1n) is 5.39. The average Bonchev–Trinajstić information content (AvgIpc) is 2.27. The zero-order valence-electron chi connectivity index (χ0n) is 10.1. The van der Waals surface area contributed by atoms with Crippen LogP contribution < -0.4 is 10.2 Å². The van der Waals surface area contributed by atoms with E-state index >= 15 is 0 Å². The van der Waals surface area contributed by atoms with Gasteiger partial charge in [-0.2, -0.15) is 0 Å². The topological polar surface area (TPSA) is 15.3 Å². The molecule has 0 aromatic heterocycles. The molecule has 1 rings (SSSR count). The molecule has 0 aliphatic heterocycles. The summed E-state index contributed by atoms with van der Waals surface area (Å²) in [6.07, 6.45) is 1.76. The van der Waals surface area contributed by atoms with Crippen molar-refractivity contribution < 1.29 is 4.39 Å². The summed E-state index contributed by atoms with van der Waals surface area (Å²) in [5, 5.41) is 3.13. The molecule has 1 aromatic carbocycles. The van der Waals surface area contributed by atoms with Crippen molar-refractivity contribution in [3.8, 4) is 0 Å². The molecular weight excluding hydrogens is 203 g/mol. The molecule has 0 aliphatic carbocycles. The molecule has 1 atom stereocenters. The van der Waals surface area contributed by atoms with Gasteiger partial charge in [0.15, 0.2) is 0 Å². The number of anilines is 1. The second-order valence-corrected chi connectivity index (χ2v) is 3.86. The number of halogens is 1. The number of hydrogen-bond donors (Lipinski definition) is 1. The van der Waals surface area contributed by atoms with Gasteiger partial charge in [-0.3, -0.25) is 0 Å². The van der Waals surface area contributed by atoms with Crippen LogP contribution in [0.5, 0.6) is 0 Å². The molecule has 2 nitrogen and oxygen atoms in total. The van der Waals surface area contributed by atoms with Gasteiger partial charge in [0.05, 0.1) is 5.69 Å². The van der Waals surface area contributed by atoms with Gasteiger partial charge in [-0.25, -0.2) is 4.39 Å². The Bertz CT molecular complexity index is 363. The molecule has 1 N–H and O–H groups in total. The summed E-state index contributed by atoms with van der Waals surface area (Å²) in [4.78, 5) is 1.87. The Kier molecular flexibility index (Phi) is 4.50. The minimum absolute atomic E-state index is 0.123. The zero-order valence-corrected chi connectivity index (χ0v) is 10.1. The summed E-state index contributed by atoms with van der Waals surface area (Å²) < 4.78 is 13.8. The van der Waals surface area contributed by atoms with E-state index in [9.17, 15) is 4.39 Å². The van der Waals surface area contributed by atoms with Crippen LogP contribution in [-0.2, 0) is 0 Å². The number of hydrogen-bond acceptors (Lipinski definition) is 2. The second kappa shape index (κ2) is 5.66. The fourth-order valence-corrected chi connectivity index (χ4v) is 1.72. The number of benzene rings is 1. The number of nitrogens with zero attached hydrogens (tertiary/aromatic N) is 1. The monoisotopic (exact) mass is 222 g/mol. The van der Waals surface area contributed by atoms with Gasteiger partial charge in [0.25, 0.3) is 0 Å². The number of para-hydroxylation sites is 1. The molecule has 0 bridgehead atoms. The predicted molar refractivity (Wildman–Crippen MR) is 67.3 cm³/mol. The zero-order chi connectivity index (χ0) is 12.1. The summed E-state index contributed by atoms with van der Waals surface area (Å²) in [7, 11) is 3.73. The van der Waals surface area contributed by atoms with Crippen molar-refractivity contribution in [3.63, 3.8) is 0 Å². The van der Waals surface area contributed by atoms with E-state index in [1.54, 1.807) is 12.1 Å². The van der Waals surface area contributed by atoms with E-state index in [-0.39, 0.29) is 11.9 Å². The first-order chi connectivity index (χ1) is 7.61. The largest absolute Gasteiger partial charge is 0.368 e. The molecule has 1 unspecified atom stereocenters. The fourth-order valence-electron chi connectivity index (χ4n) is 1.72. The summed E-state index contributed by atoms with van der Waals surface area (Å²) in [6, 6.07) is 5.29. The molecule has 0 saturated heterocycles. The molecule has 0 heterocycles. The van der Waals surface area contributed by atoms with Crippen LogP contribution in [0.2, 0.25) is 0 Å². The average molecular weight is 222 g/mol. The highest BCUT2D eigenvalue weighted by Crippen LogP contribution is 2.28. The standard InChI is InChI=1S/C13H19FN2/c1-5-9-16(4)13-11(10(2)15-3)7-6-8-12(13)14/h5-8,10,15H,1,9H2,2-4H3. The van der Waals surface area contributed by atoms with E-state index in [1.807, 2.05) is 32.0 Å². The Morgan fingerprint density at radius 1 is 1.56 bits per heavy atom. The van der Waals surface area contributed by atoms with Crippen molar-refractivity contribution >= 4 is 5.69 Å². The van der Waals surface area contributed by atoms with Crippen LogP contribution in [0.15, 0.2) is 30.9 Å². The minimum Gasteiger partial charge on any atom is -0.368 e. The Labute approximate surface area is 96.8 Å². The van der Waals surface area contributed by atoms with Gasteiger partial charge in [0.1, 0.15) is 5.82 Å². The molecule has 0 fully saturated rings. The maximum atomic E-state index is 13.8. The molecule has 1 aromatic rings. The van der Waals surface area contributed by atoms with Crippen LogP contribution >= 0.6 is 0 Å². The molecule has 88 valence electrons. The van der Waals surface area contributed by atoms with Crippen LogP contribution in [0.25, 0.3) is 0 Å². The number of nitrogens with one attached hydrogen (secondary N) is 1. The van der Waals surface area contributed by atoms with Crippen LogP contribution in [0.3, 0.4) is 0 Å². The lowest BCUT2D eigenvalue weighted by Crippen LogP contribution is -2.23. The highest BCUT2D eigenvalue weighted by Gasteiger charge is 2.15. The van der Waals surface area contributed by atoms with Crippen LogP contribution in [-0.4, -0.2) is 20.6 Å². The van der Waals surface area contributed by atoms with Gasteiger partial charge in [-0.05, 0) is 25.6 Å². The van der Waals surface area contributed by atoms with E-state index in [1.165, 1.54) is 6.07 Å². The predicted octanol–water partition coefficient (Wildman–Crippen LogP) is 2.73. The van der Waals surface area contributed by atoms with Crippen molar-refractivity contribution in [2.75, 3.05) is 25.5 Å². The van der Waals surface area contributed by atoms with Crippen molar-refractivity contribution in [2.45, 2.75) is 13.0 Å². The van der Waals surface area contributed by atoms with Gasteiger partial charge in [0.2, 0.25) is 0 Å². The van der Waals surface area contributed by atoms with Crippen molar-refractivity contribution in [3.05, 3.63) is 42.2 Å². The second-order valence-electron chi connectivity index (χ2n) is 3.86. The lowest BCUT2D eigenvalue weighted by Gasteiger charge is -2.24. The van der Waals surface area contributed by atoms with Gasteiger partial charge >= 0.3 is 0 Å². The van der Waals surface area contributed by atoms with E-state index in [0.29, 0.717) is 12.2 Å². The van der Waals surface area contributed by atoms with Crippen LogP contribution in [0.4, 0.5) is 10.1 Å². The number of rotatable bonds is 5. The van der Waals surface area contributed by atoms with Gasteiger partial charge in [0, 0.05) is 19.6 Å². The van der Waals surface area contributed by atoms with Crippen molar-refractivity contribution in [1.82, 2.24) is 5.32 Å². The Balaban J connectivity index is 3.17. The maximum absolute atomic E-state index is 13.8. The third kappa shape index (κ3) is 2.61. The van der Waals surface area contributed by atoms with Crippen molar-refractivity contribution in [1.29, 1.82) is 0 Å². The summed E-state index contributed by atoms with van der Waals surface area (Å²) in [6.45, 7) is 6.31. The Morgan fingerprint density at radius 3 is 2.81 bits per heavy atom. The fraction of sp³-hybridized carbons (Fsp3) is 0.385. The van der Waals surface area contributed by atoms with Gasteiger partial charge in [-0.15, -0.1) is 6.58 Å². The lowest BCUT2D eigenvalue weighted by molar-refractivity contribution is 0.605. The highest BCUT2D eigenvalue weighted by atomic mass is 19.1. The van der Waals surface area contributed by atoms with Crippen LogP contribution in [0.1, 0.15) is 18.5 Å². The molecule has 0 aliphatic rings. The third-order valence-electron chi connectivity index (χ3n) is 2.70. The van der Waals surface area contributed by atoms with Gasteiger partial charge in [-0.1, -0.05) is 18.2 Å². The molecule has 3 heteroatoms. The SMILES string of the molecule is C=CCN(C)c1c(F)cccc1C(C)NC.